The molecule has 1 fully saturated rings. The predicted molar refractivity (Wildman–Crippen MR) is 71.3 cm³/mol. The van der Waals surface area contributed by atoms with Gasteiger partial charge in [-0.2, -0.15) is 0 Å². The molecule has 0 heterocycles. The highest BCUT2D eigenvalue weighted by Gasteiger charge is 2.30. The minimum absolute atomic E-state index is 0.0601. The van der Waals surface area contributed by atoms with Crippen LogP contribution in [0.25, 0.3) is 0 Å². The number of nitrogens with one attached hydrogen (secondary N) is 1. The summed E-state index contributed by atoms with van der Waals surface area (Å²) in [6.45, 7) is 2.56. The number of benzene rings is 1. The summed E-state index contributed by atoms with van der Waals surface area (Å²) in [4.78, 5) is 1.98. The van der Waals surface area contributed by atoms with Gasteiger partial charge in [-0.15, -0.1) is 0 Å². The van der Waals surface area contributed by atoms with E-state index in [2.05, 4.69) is 5.32 Å². The number of halogens is 1. The number of hydrogen-bond donors (Lipinski definition) is 2. The maximum Gasteiger partial charge on any atom is 0.146 e. The molecule has 0 bridgehead atoms. The molecule has 1 atom stereocenters. The lowest BCUT2D eigenvalue weighted by atomic mass is 10.1. The van der Waals surface area contributed by atoms with Gasteiger partial charge in [-0.3, -0.25) is 0 Å². The first-order valence-corrected chi connectivity index (χ1v) is 6.51. The van der Waals surface area contributed by atoms with Crippen molar-refractivity contribution in [3.63, 3.8) is 0 Å². The number of anilines is 1. The molecule has 2 rings (SSSR count). The Morgan fingerprint density at radius 1 is 1.50 bits per heavy atom. The van der Waals surface area contributed by atoms with Crippen LogP contribution in [-0.2, 0) is 0 Å². The minimum atomic E-state index is -0.199. The zero-order valence-corrected chi connectivity index (χ0v) is 11.0. The van der Waals surface area contributed by atoms with E-state index in [1.807, 2.05) is 31.0 Å². The van der Waals surface area contributed by atoms with Crippen molar-refractivity contribution in [2.24, 2.45) is 0 Å². The molecule has 1 aromatic rings. The lowest BCUT2D eigenvalue weighted by molar-refractivity contribution is 0.301. The summed E-state index contributed by atoms with van der Waals surface area (Å²) in [6, 6.07) is 5.90. The van der Waals surface area contributed by atoms with Crippen LogP contribution in [0.5, 0.6) is 0 Å². The van der Waals surface area contributed by atoms with Crippen LogP contribution in [0, 0.1) is 5.82 Å². The third-order valence-electron chi connectivity index (χ3n) is 3.54. The van der Waals surface area contributed by atoms with Crippen LogP contribution in [-0.4, -0.2) is 31.3 Å². The van der Waals surface area contributed by atoms with Gasteiger partial charge in [0, 0.05) is 18.6 Å². The second kappa shape index (κ2) is 5.67. The standard InChI is InChI=1S/C14H21FN2O/c1-10(16-2)11-3-6-14(13(15)9-11)17(7-8-18)12-4-5-12/h3,6,9-10,12,16,18H,4-5,7-8H2,1-2H3. The summed E-state index contributed by atoms with van der Waals surface area (Å²) in [5.74, 6) is -0.199. The summed E-state index contributed by atoms with van der Waals surface area (Å²) in [5, 5.41) is 12.2. The van der Waals surface area contributed by atoms with E-state index >= 15 is 0 Å². The fraction of sp³-hybridized carbons (Fsp3) is 0.571. The van der Waals surface area contributed by atoms with Gasteiger partial charge in [-0.1, -0.05) is 6.07 Å². The first-order valence-electron chi connectivity index (χ1n) is 6.51. The average molecular weight is 252 g/mol. The number of hydrogen-bond acceptors (Lipinski definition) is 3. The zero-order valence-electron chi connectivity index (χ0n) is 11.0. The zero-order chi connectivity index (χ0) is 13.1. The topological polar surface area (TPSA) is 35.5 Å². The van der Waals surface area contributed by atoms with Crippen LogP contribution in [0.1, 0.15) is 31.4 Å². The molecule has 0 spiro atoms. The Bertz CT molecular complexity index is 407. The van der Waals surface area contributed by atoms with Gasteiger partial charge >= 0.3 is 0 Å². The average Bonchev–Trinajstić information content (AvgIpc) is 3.19. The summed E-state index contributed by atoms with van der Waals surface area (Å²) in [6.07, 6.45) is 2.18. The van der Waals surface area contributed by atoms with Gasteiger partial charge in [0.15, 0.2) is 0 Å². The van der Waals surface area contributed by atoms with E-state index in [1.54, 1.807) is 6.07 Å². The molecule has 1 aromatic carbocycles. The molecule has 100 valence electrons. The Hall–Kier alpha value is -1.13. The highest BCUT2D eigenvalue weighted by atomic mass is 19.1. The lowest BCUT2D eigenvalue weighted by Crippen LogP contribution is -2.29. The van der Waals surface area contributed by atoms with Crippen molar-refractivity contribution >= 4 is 5.69 Å². The van der Waals surface area contributed by atoms with E-state index in [9.17, 15) is 4.39 Å². The van der Waals surface area contributed by atoms with Gasteiger partial charge in [0.1, 0.15) is 5.82 Å². The molecule has 0 radical (unpaired) electrons. The normalized spacial score (nSPS) is 16.7. The van der Waals surface area contributed by atoms with Gasteiger partial charge in [-0.05, 0) is 44.5 Å². The maximum atomic E-state index is 14.2. The van der Waals surface area contributed by atoms with E-state index in [0.29, 0.717) is 18.3 Å². The first kappa shape index (κ1) is 13.3. The minimum Gasteiger partial charge on any atom is -0.395 e. The molecule has 0 amide bonds. The maximum absolute atomic E-state index is 14.2. The fourth-order valence-electron chi connectivity index (χ4n) is 2.19. The van der Waals surface area contributed by atoms with Crippen LogP contribution in [0.2, 0.25) is 0 Å². The van der Waals surface area contributed by atoms with Gasteiger partial charge in [0.25, 0.3) is 0 Å². The number of nitrogens with zero attached hydrogens (tertiary/aromatic N) is 1. The molecule has 18 heavy (non-hydrogen) atoms. The van der Waals surface area contributed by atoms with E-state index in [0.717, 1.165) is 18.4 Å². The largest absolute Gasteiger partial charge is 0.395 e. The van der Waals surface area contributed by atoms with Crippen molar-refractivity contribution in [1.82, 2.24) is 5.32 Å². The SMILES string of the molecule is CNC(C)c1ccc(N(CCO)C2CC2)c(F)c1. The van der Waals surface area contributed by atoms with Crippen molar-refractivity contribution in [3.8, 4) is 0 Å². The molecular weight excluding hydrogens is 231 g/mol. The van der Waals surface area contributed by atoms with Crippen molar-refractivity contribution in [3.05, 3.63) is 29.6 Å². The van der Waals surface area contributed by atoms with Crippen LogP contribution < -0.4 is 10.2 Å². The lowest BCUT2D eigenvalue weighted by Gasteiger charge is -2.25. The quantitative estimate of drug-likeness (QED) is 0.813. The fourth-order valence-corrected chi connectivity index (χ4v) is 2.19. The second-order valence-corrected chi connectivity index (χ2v) is 4.87. The molecular formula is C14H21FN2O. The van der Waals surface area contributed by atoms with Crippen LogP contribution in [0.4, 0.5) is 10.1 Å². The Balaban J connectivity index is 2.22. The number of aliphatic hydroxyl groups excluding tert-OH is 1. The second-order valence-electron chi connectivity index (χ2n) is 4.87. The molecule has 4 heteroatoms. The van der Waals surface area contributed by atoms with Gasteiger partial charge in [0.05, 0.1) is 12.3 Å². The van der Waals surface area contributed by atoms with Crippen LogP contribution in [0.15, 0.2) is 18.2 Å². The predicted octanol–water partition coefficient (Wildman–Crippen LogP) is 2.07. The summed E-state index contributed by atoms with van der Waals surface area (Å²) >= 11 is 0. The molecule has 1 saturated carbocycles. The molecule has 1 unspecified atom stereocenters. The Kier molecular flexibility index (Phi) is 4.19. The smallest absolute Gasteiger partial charge is 0.146 e. The number of rotatable bonds is 6. The third kappa shape index (κ3) is 2.82. The van der Waals surface area contributed by atoms with Crippen molar-refractivity contribution in [1.29, 1.82) is 0 Å². The number of aliphatic hydroxyl groups is 1. The van der Waals surface area contributed by atoms with Gasteiger partial charge in [-0.25, -0.2) is 4.39 Å². The monoisotopic (exact) mass is 252 g/mol. The van der Waals surface area contributed by atoms with Crippen molar-refractivity contribution < 1.29 is 9.50 Å². The Morgan fingerprint density at radius 3 is 2.72 bits per heavy atom. The Labute approximate surface area is 108 Å². The summed E-state index contributed by atoms with van der Waals surface area (Å²) < 4.78 is 14.2. The molecule has 0 aromatic heterocycles. The molecule has 2 N–H and O–H groups in total. The van der Waals surface area contributed by atoms with E-state index in [4.69, 9.17) is 5.11 Å². The Morgan fingerprint density at radius 2 is 2.22 bits per heavy atom. The highest BCUT2D eigenvalue weighted by molar-refractivity contribution is 5.51. The van der Waals surface area contributed by atoms with Gasteiger partial charge < -0.3 is 15.3 Å². The van der Waals surface area contributed by atoms with E-state index in [1.165, 1.54) is 0 Å². The molecule has 0 aliphatic heterocycles. The van der Waals surface area contributed by atoms with E-state index in [-0.39, 0.29) is 18.5 Å². The van der Waals surface area contributed by atoms with Crippen LogP contribution in [0.3, 0.4) is 0 Å². The van der Waals surface area contributed by atoms with E-state index < -0.39 is 0 Å². The van der Waals surface area contributed by atoms with Crippen LogP contribution >= 0.6 is 0 Å². The highest BCUT2D eigenvalue weighted by Crippen LogP contribution is 2.33. The molecule has 1 aliphatic rings. The summed E-state index contributed by atoms with van der Waals surface area (Å²) in [7, 11) is 1.86. The summed E-state index contributed by atoms with van der Waals surface area (Å²) in [5.41, 5.74) is 1.55. The van der Waals surface area contributed by atoms with Gasteiger partial charge in [0.2, 0.25) is 0 Å². The first-order chi connectivity index (χ1) is 8.67. The van der Waals surface area contributed by atoms with Crippen molar-refractivity contribution in [2.45, 2.75) is 31.8 Å². The molecule has 3 nitrogen and oxygen atoms in total. The third-order valence-corrected chi connectivity index (χ3v) is 3.54. The van der Waals surface area contributed by atoms with Crippen molar-refractivity contribution in [2.75, 3.05) is 25.1 Å². The molecule has 0 saturated heterocycles. The molecule has 1 aliphatic carbocycles.